The Morgan fingerprint density at radius 2 is 2.04 bits per heavy atom. The third-order valence-electron chi connectivity index (χ3n) is 4.05. The van der Waals surface area contributed by atoms with Gasteiger partial charge >= 0.3 is 5.97 Å². The van der Waals surface area contributed by atoms with Gasteiger partial charge in [-0.1, -0.05) is 11.6 Å². The second-order valence-corrected chi connectivity index (χ2v) is 6.10. The average molecular weight is 384 g/mol. The molecular weight excluding hydrogens is 368 g/mol. The van der Waals surface area contributed by atoms with Gasteiger partial charge in [0.25, 0.3) is 0 Å². The molecule has 9 heteroatoms. The van der Waals surface area contributed by atoms with Crippen LogP contribution in [0, 0.1) is 11.6 Å². The Kier molecular flexibility index (Phi) is 5.51. The van der Waals surface area contributed by atoms with Gasteiger partial charge in [-0.05, 0) is 12.1 Å². The molecule has 1 aromatic heterocycles. The molecule has 1 aliphatic rings. The molecule has 138 valence electrons. The Morgan fingerprint density at radius 1 is 1.31 bits per heavy atom. The van der Waals surface area contributed by atoms with E-state index in [1.807, 2.05) is 4.90 Å². The fraction of sp³-hybridized carbons (Fsp3) is 0.353. The minimum Gasteiger partial charge on any atom is -0.487 e. The van der Waals surface area contributed by atoms with Gasteiger partial charge in [-0.3, -0.25) is 0 Å². The SMILES string of the molecule is COC(=O)c1ncc(N2CCC(Oc3ccc(F)cc3F)CC2)nc1Cl. The topological polar surface area (TPSA) is 64.5 Å². The van der Waals surface area contributed by atoms with E-state index in [4.69, 9.17) is 16.3 Å². The number of carbonyl (C=O) groups excluding carboxylic acids is 1. The first kappa shape index (κ1) is 18.3. The lowest BCUT2D eigenvalue weighted by Gasteiger charge is -2.32. The molecule has 2 heterocycles. The standard InChI is InChI=1S/C17H16ClF2N3O3/c1-25-17(24)15-16(18)22-14(9-21-15)23-6-4-11(5-7-23)26-13-3-2-10(19)8-12(13)20/h2-3,8-9,11H,4-7H2,1H3. The highest BCUT2D eigenvalue weighted by molar-refractivity contribution is 6.32. The van der Waals surface area contributed by atoms with Crippen LogP contribution in [0.15, 0.2) is 24.4 Å². The molecule has 0 unspecified atom stereocenters. The summed E-state index contributed by atoms with van der Waals surface area (Å²) in [6.07, 6.45) is 2.51. The molecule has 26 heavy (non-hydrogen) atoms. The van der Waals surface area contributed by atoms with Gasteiger partial charge < -0.3 is 14.4 Å². The van der Waals surface area contributed by atoms with Crippen molar-refractivity contribution in [1.29, 1.82) is 0 Å². The van der Waals surface area contributed by atoms with Crippen LogP contribution < -0.4 is 9.64 Å². The van der Waals surface area contributed by atoms with Gasteiger partial charge in [-0.25, -0.2) is 23.5 Å². The molecule has 0 bridgehead atoms. The molecule has 6 nitrogen and oxygen atoms in total. The molecule has 2 aromatic rings. The maximum Gasteiger partial charge on any atom is 0.359 e. The van der Waals surface area contributed by atoms with Crippen molar-refractivity contribution in [2.75, 3.05) is 25.1 Å². The molecule has 0 amide bonds. The predicted octanol–water partition coefficient (Wildman–Crippen LogP) is 3.24. The van der Waals surface area contributed by atoms with Crippen molar-refractivity contribution in [3.63, 3.8) is 0 Å². The van der Waals surface area contributed by atoms with Crippen LogP contribution in [0.3, 0.4) is 0 Å². The number of rotatable bonds is 4. The number of aromatic nitrogens is 2. The largest absolute Gasteiger partial charge is 0.487 e. The van der Waals surface area contributed by atoms with Crippen LogP contribution in [0.2, 0.25) is 5.15 Å². The molecule has 1 aromatic carbocycles. The number of piperidine rings is 1. The summed E-state index contributed by atoms with van der Waals surface area (Å²) >= 11 is 5.99. The summed E-state index contributed by atoms with van der Waals surface area (Å²) in [5, 5.41) is -0.0268. The lowest BCUT2D eigenvalue weighted by atomic mass is 10.1. The number of benzene rings is 1. The Morgan fingerprint density at radius 3 is 2.65 bits per heavy atom. The average Bonchev–Trinajstić information content (AvgIpc) is 2.64. The lowest BCUT2D eigenvalue weighted by molar-refractivity contribution is 0.0593. The molecule has 0 atom stereocenters. The summed E-state index contributed by atoms with van der Waals surface area (Å²) in [5.74, 6) is -1.44. The monoisotopic (exact) mass is 383 g/mol. The Bertz CT molecular complexity index is 814. The van der Waals surface area contributed by atoms with Crippen molar-refractivity contribution in [2.45, 2.75) is 18.9 Å². The molecular formula is C17H16ClF2N3O3. The van der Waals surface area contributed by atoms with Crippen molar-refractivity contribution in [3.05, 3.63) is 46.9 Å². The van der Waals surface area contributed by atoms with E-state index in [2.05, 4.69) is 14.7 Å². The van der Waals surface area contributed by atoms with Crippen LogP contribution in [0.4, 0.5) is 14.6 Å². The number of anilines is 1. The summed E-state index contributed by atoms with van der Waals surface area (Å²) in [6, 6.07) is 3.24. The van der Waals surface area contributed by atoms with E-state index < -0.39 is 17.6 Å². The predicted molar refractivity (Wildman–Crippen MR) is 90.6 cm³/mol. The lowest BCUT2D eigenvalue weighted by Crippen LogP contribution is -2.39. The van der Waals surface area contributed by atoms with Crippen molar-refractivity contribution in [3.8, 4) is 5.75 Å². The molecule has 0 saturated carbocycles. The first-order valence-corrected chi connectivity index (χ1v) is 8.33. The number of carbonyl (C=O) groups is 1. The zero-order valence-electron chi connectivity index (χ0n) is 13.9. The number of esters is 1. The van der Waals surface area contributed by atoms with Gasteiger partial charge in [-0.2, -0.15) is 0 Å². The van der Waals surface area contributed by atoms with Gasteiger partial charge in [0, 0.05) is 32.0 Å². The number of methoxy groups -OCH3 is 1. The molecule has 1 aliphatic heterocycles. The van der Waals surface area contributed by atoms with E-state index >= 15 is 0 Å². The fourth-order valence-electron chi connectivity index (χ4n) is 2.70. The van der Waals surface area contributed by atoms with Crippen LogP contribution in [0.5, 0.6) is 5.75 Å². The van der Waals surface area contributed by atoms with Crippen LogP contribution in [0.1, 0.15) is 23.3 Å². The van der Waals surface area contributed by atoms with Gasteiger partial charge in [0.2, 0.25) is 0 Å². The van der Waals surface area contributed by atoms with E-state index in [0.29, 0.717) is 31.7 Å². The first-order valence-electron chi connectivity index (χ1n) is 7.95. The molecule has 0 radical (unpaired) electrons. The van der Waals surface area contributed by atoms with Crippen LogP contribution in [-0.2, 0) is 4.74 Å². The maximum atomic E-state index is 13.7. The van der Waals surface area contributed by atoms with E-state index in [-0.39, 0.29) is 22.7 Å². The van der Waals surface area contributed by atoms with Crippen molar-refractivity contribution in [1.82, 2.24) is 9.97 Å². The summed E-state index contributed by atoms with van der Waals surface area (Å²) in [7, 11) is 1.24. The highest BCUT2D eigenvalue weighted by Gasteiger charge is 2.24. The highest BCUT2D eigenvalue weighted by atomic mass is 35.5. The normalized spacial score (nSPS) is 15.0. The van der Waals surface area contributed by atoms with Crippen LogP contribution in [-0.4, -0.2) is 42.2 Å². The molecule has 1 fully saturated rings. The zero-order valence-corrected chi connectivity index (χ0v) is 14.7. The number of hydrogen-bond acceptors (Lipinski definition) is 6. The minimum atomic E-state index is -0.719. The van der Waals surface area contributed by atoms with Gasteiger partial charge in [0.1, 0.15) is 17.7 Å². The van der Waals surface area contributed by atoms with Gasteiger partial charge in [0.05, 0.1) is 13.3 Å². The molecule has 1 saturated heterocycles. The van der Waals surface area contributed by atoms with E-state index in [0.717, 1.165) is 12.1 Å². The summed E-state index contributed by atoms with van der Waals surface area (Å²) in [6.45, 7) is 1.19. The van der Waals surface area contributed by atoms with Crippen molar-refractivity contribution in [2.24, 2.45) is 0 Å². The number of ether oxygens (including phenoxy) is 2. The van der Waals surface area contributed by atoms with E-state index in [9.17, 15) is 13.6 Å². The van der Waals surface area contributed by atoms with E-state index in [1.54, 1.807) is 0 Å². The summed E-state index contributed by atoms with van der Waals surface area (Å²) < 4.78 is 36.8. The highest BCUT2D eigenvalue weighted by Crippen LogP contribution is 2.25. The minimum absolute atomic E-state index is 0.0268. The number of nitrogens with zero attached hydrogens (tertiary/aromatic N) is 3. The van der Waals surface area contributed by atoms with Crippen LogP contribution in [0.25, 0.3) is 0 Å². The quantitative estimate of drug-likeness (QED) is 0.755. The van der Waals surface area contributed by atoms with Gasteiger partial charge in [-0.15, -0.1) is 0 Å². The van der Waals surface area contributed by atoms with E-state index in [1.165, 1.54) is 19.4 Å². The second kappa shape index (κ2) is 7.82. The molecule has 0 N–H and O–H groups in total. The Balaban J connectivity index is 1.61. The molecule has 0 spiro atoms. The van der Waals surface area contributed by atoms with Crippen LogP contribution >= 0.6 is 11.6 Å². The second-order valence-electron chi connectivity index (χ2n) is 5.74. The number of hydrogen-bond donors (Lipinski definition) is 0. The Hall–Kier alpha value is -2.48. The first-order chi connectivity index (χ1) is 12.5. The maximum absolute atomic E-state index is 13.7. The smallest absolute Gasteiger partial charge is 0.359 e. The number of halogens is 3. The Labute approximate surface area is 153 Å². The molecule has 3 rings (SSSR count). The third-order valence-corrected chi connectivity index (χ3v) is 4.31. The zero-order chi connectivity index (χ0) is 18.7. The van der Waals surface area contributed by atoms with Crippen molar-refractivity contribution >= 4 is 23.4 Å². The van der Waals surface area contributed by atoms with Gasteiger partial charge in [0.15, 0.2) is 22.4 Å². The summed E-state index contributed by atoms with van der Waals surface area (Å²) in [4.78, 5) is 21.6. The molecule has 0 aliphatic carbocycles. The fourth-order valence-corrected chi connectivity index (χ4v) is 2.91. The summed E-state index contributed by atoms with van der Waals surface area (Å²) in [5.41, 5.74) is -0.0390. The third kappa shape index (κ3) is 4.01. The van der Waals surface area contributed by atoms with Crippen molar-refractivity contribution < 1.29 is 23.0 Å².